The SMILES string of the molecule is Cc1cccc(NC(=O)COc2c(Br)cc(Br)cc2/C=C2\SC(=S)NC2=O)c1. The fourth-order valence-corrected chi connectivity index (χ4v) is 4.87. The molecule has 28 heavy (non-hydrogen) atoms. The van der Waals surface area contributed by atoms with Crippen molar-refractivity contribution in [3.63, 3.8) is 0 Å². The molecule has 0 atom stereocenters. The number of rotatable bonds is 5. The third-order valence-electron chi connectivity index (χ3n) is 3.62. The molecule has 1 fully saturated rings. The molecule has 0 bridgehead atoms. The summed E-state index contributed by atoms with van der Waals surface area (Å²) in [4.78, 5) is 24.7. The third kappa shape index (κ3) is 5.44. The average Bonchev–Trinajstić information content (AvgIpc) is 2.91. The Hall–Kier alpha value is -1.68. The van der Waals surface area contributed by atoms with Gasteiger partial charge < -0.3 is 15.4 Å². The van der Waals surface area contributed by atoms with Crippen LogP contribution in [0.25, 0.3) is 6.08 Å². The minimum absolute atomic E-state index is 0.178. The molecule has 144 valence electrons. The number of ether oxygens (including phenoxy) is 1. The van der Waals surface area contributed by atoms with Crippen LogP contribution < -0.4 is 15.4 Å². The zero-order chi connectivity index (χ0) is 20.3. The molecular formula is C19H14Br2N2O3S2. The van der Waals surface area contributed by atoms with Gasteiger partial charge in [0, 0.05) is 15.7 Å². The summed E-state index contributed by atoms with van der Waals surface area (Å²) in [5, 5.41) is 5.38. The van der Waals surface area contributed by atoms with E-state index in [1.165, 1.54) is 11.8 Å². The topological polar surface area (TPSA) is 67.4 Å². The van der Waals surface area contributed by atoms with Crippen molar-refractivity contribution in [2.75, 3.05) is 11.9 Å². The van der Waals surface area contributed by atoms with Gasteiger partial charge in [0.1, 0.15) is 10.1 Å². The molecule has 9 heteroatoms. The number of carbonyl (C=O) groups excluding carboxylic acids is 2. The van der Waals surface area contributed by atoms with Gasteiger partial charge in [0.15, 0.2) is 6.61 Å². The molecule has 2 N–H and O–H groups in total. The number of nitrogens with one attached hydrogen (secondary N) is 2. The summed E-state index contributed by atoms with van der Waals surface area (Å²) in [5.41, 5.74) is 2.40. The van der Waals surface area contributed by atoms with Crippen molar-refractivity contribution < 1.29 is 14.3 Å². The average molecular weight is 542 g/mol. The Labute approximate surface area is 188 Å². The Balaban J connectivity index is 1.78. The molecule has 1 heterocycles. The molecule has 2 aromatic rings. The minimum Gasteiger partial charge on any atom is -0.482 e. The summed E-state index contributed by atoms with van der Waals surface area (Å²) in [7, 11) is 0. The van der Waals surface area contributed by atoms with Crippen molar-refractivity contribution in [2.45, 2.75) is 6.92 Å². The number of thioether (sulfide) groups is 1. The second-order valence-corrected chi connectivity index (χ2v) is 9.35. The van der Waals surface area contributed by atoms with Crippen LogP contribution in [0.3, 0.4) is 0 Å². The van der Waals surface area contributed by atoms with Crippen molar-refractivity contribution >= 4 is 83.7 Å². The van der Waals surface area contributed by atoms with Gasteiger partial charge in [-0.25, -0.2) is 0 Å². The molecule has 0 spiro atoms. The van der Waals surface area contributed by atoms with Crippen molar-refractivity contribution in [3.05, 3.63) is 61.4 Å². The number of halogens is 2. The first-order chi connectivity index (χ1) is 13.3. The Kier molecular flexibility index (Phi) is 6.92. The minimum atomic E-state index is -0.284. The first-order valence-electron chi connectivity index (χ1n) is 8.05. The molecule has 0 aromatic heterocycles. The summed E-state index contributed by atoms with van der Waals surface area (Å²) in [6, 6.07) is 11.1. The summed E-state index contributed by atoms with van der Waals surface area (Å²) < 4.78 is 7.62. The molecule has 0 aliphatic carbocycles. The number of amides is 2. The summed E-state index contributed by atoms with van der Waals surface area (Å²) in [6.07, 6.45) is 1.68. The second kappa shape index (κ2) is 9.21. The van der Waals surface area contributed by atoms with Gasteiger partial charge in [0.25, 0.3) is 11.8 Å². The van der Waals surface area contributed by atoms with Gasteiger partial charge in [-0.2, -0.15) is 0 Å². The first-order valence-corrected chi connectivity index (χ1v) is 10.9. The highest BCUT2D eigenvalue weighted by Crippen LogP contribution is 2.36. The van der Waals surface area contributed by atoms with Crippen LogP contribution in [0.4, 0.5) is 5.69 Å². The second-order valence-electron chi connectivity index (χ2n) is 5.86. The number of hydrogen-bond acceptors (Lipinski definition) is 5. The van der Waals surface area contributed by atoms with Gasteiger partial charge in [-0.15, -0.1) is 0 Å². The Morgan fingerprint density at radius 2 is 2.11 bits per heavy atom. The predicted molar refractivity (Wildman–Crippen MR) is 123 cm³/mol. The molecule has 0 saturated carbocycles. The number of thiocarbonyl (C=S) groups is 1. The third-order valence-corrected chi connectivity index (χ3v) is 5.82. The normalized spacial score (nSPS) is 14.9. The van der Waals surface area contributed by atoms with Crippen LogP contribution >= 0.6 is 55.8 Å². The number of carbonyl (C=O) groups is 2. The molecule has 2 amide bonds. The van der Waals surface area contributed by atoms with Crippen LogP contribution in [0.15, 0.2) is 50.2 Å². The van der Waals surface area contributed by atoms with Gasteiger partial charge in [0.05, 0.1) is 9.38 Å². The zero-order valence-corrected chi connectivity index (χ0v) is 19.4. The largest absolute Gasteiger partial charge is 0.482 e. The highest BCUT2D eigenvalue weighted by Gasteiger charge is 2.23. The fourth-order valence-electron chi connectivity index (χ4n) is 2.46. The maximum Gasteiger partial charge on any atom is 0.263 e. The Morgan fingerprint density at radius 1 is 1.32 bits per heavy atom. The van der Waals surface area contributed by atoms with Gasteiger partial charge in [-0.1, -0.05) is 52.0 Å². The van der Waals surface area contributed by atoms with Crippen LogP contribution in [0, 0.1) is 6.92 Å². The van der Waals surface area contributed by atoms with Crippen LogP contribution in [0.1, 0.15) is 11.1 Å². The Bertz CT molecular complexity index is 1010. The summed E-state index contributed by atoms with van der Waals surface area (Å²) >= 11 is 13.1. The molecular weight excluding hydrogens is 528 g/mol. The quantitative estimate of drug-likeness (QED) is 0.410. The van der Waals surface area contributed by atoms with E-state index in [1.54, 1.807) is 12.1 Å². The maximum atomic E-state index is 12.3. The zero-order valence-electron chi connectivity index (χ0n) is 14.5. The molecule has 3 rings (SSSR count). The van der Waals surface area contributed by atoms with Crippen molar-refractivity contribution in [1.29, 1.82) is 0 Å². The molecule has 0 unspecified atom stereocenters. The van der Waals surface area contributed by atoms with Crippen LogP contribution in [0.5, 0.6) is 5.75 Å². The molecule has 0 radical (unpaired) electrons. The first kappa shape index (κ1) is 21.0. The van der Waals surface area contributed by atoms with E-state index in [2.05, 4.69) is 42.5 Å². The fraction of sp³-hybridized carbons (Fsp3) is 0.105. The van der Waals surface area contributed by atoms with E-state index >= 15 is 0 Å². The number of benzene rings is 2. The van der Waals surface area contributed by atoms with Crippen molar-refractivity contribution in [2.24, 2.45) is 0 Å². The highest BCUT2D eigenvalue weighted by molar-refractivity contribution is 9.11. The predicted octanol–water partition coefficient (Wildman–Crippen LogP) is 5.03. The smallest absolute Gasteiger partial charge is 0.263 e. The summed E-state index contributed by atoms with van der Waals surface area (Å²) in [6.45, 7) is 1.77. The molecule has 1 saturated heterocycles. The van der Waals surface area contributed by atoms with E-state index in [4.69, 9.17) is 17.0 Å². The number of hydrogen-bond donors (Lipinski definition) is 2. The lowest BCUT2D eigenvalue weighted by Crippen LogP contribution is -2.20. The van der Waals surface area contributed by atoms with Gasteiger partial charge >= 0.3 is 0 Å². The van der Waals surface area contributed by atoms with E-state index in [1.807, 2.05) is 37.3 Å². The van der Waals surface area contributed by atoms with Crippen molar-refractivity contribution in [3.8, 4) is 5.75 Å². The molecule has 1 aliphatic heterocycles. The van der Waals surface area contributed by atoms with E-state index in [-0.39, 0.29) is 18.4 Å². The van der Waals surface area contributed by atoms with Crippen LogP contribution in [-0.4, -0.2) is 22.7 Å². The van der Waals surface area contributed by atoms with Crippen LogP contribution in [0.2, 0.25) is 0 Å². The van der Waals surface area contributed by atoms with Gasteiger partial charge in [0.2, 0.25) is 0 Å². The lowest BCUT2D eigenvalue weighted by atomic mass is 10.2. The molecule has 5 nitrogen and oxygen atoms in total. The van der Waals surface area contributed by atoms with E-state index in [0.29, 0.717) is 30.7 Å². The van der Waals surface area contributed by atoms with Gasteiger partial charge in [-0.05, 0) is 58.8 Å². The standard InChI is InChI=1S/C19H14Br2N2O3S2/c1-10-3-2-4-13(5-10)22-16(24)9-26-17-11(6-12(20)8-14(17)21)7-15-18(25)23-19(27)28-15/h2-8H,9H2,1H3,(H,22,24)(H,23,25,27)/b15-7-. The maximum absolute atomic E-state index is 12.3. The summed E-state index contributed by atoms with van der Waals surface area (Å²) in [5.74, 6) is -0.0799. The lowest BCUT2D eigenvalue weighted by Gasteiger charge is -2.13. The monoisotopic (exact) mass is 540 g/mol. The Morgan fingerprint density at radius 3 is 2.79 bits per heavy atom. The van der Waals surface area contributed by atoms with Gasteiger partial charge in [-0.3, -0.25) is 9.59 Å². The molecule has 2 aromatic carbocycles. The molecule has 1 aliphatic rings. The van der Waals surface area contributed by atoms with E-state index < -0.39 is 0 Å². The van der Waals surface area contributed by atoms with Crippen LogP contribution in [-0.2, 0) is 9.59 Å². The van der Waals surface area contributed by atoms with E-state index in [9.17, 15) is 9.59 Å². The number of anilines is 1. The van der Waals surface area contributed by atoms with E-state index in [0.717, 1.165) is 10.0 Å². The highest BCUT2D eigenvalue weighted by atomic mass is 79.9. The lowest BCUT2D eigenvalue weighted by molar-refractivity contribution is -0.118. The number of aryl methyl sites for hydroxylation is 1. The van der Waals surface area contributed by atoms with Crippen molar-refractivity contribution in [1.82, 2.24) is 5.32 Å².